The summed E-state index contributed by atoms with van der Waals surface area (Å²) in [6.07, 6.45) is 0. The van der Waals surface area contributed by atoms with Gasteiger partial charge in [0.15, 0.2) is 6.04 Å². The first kappa shape index (κ1) is 22.2. The van der Waals surface area contributed by atoms with Crippen molar-refractivity contribution in [1.29, 1.82) is 0 Å². The smallest absolute Gasteiger partial charge is 0.281 e. The molecule has 5 heteroatoms. The Morgan fingerprint density at radius 1 is 1.07 bits per heavy atom. The summed E-state index contributed by atoms with van der Waals surface area (Å²) >= 11 is 0. The second-order valence-electron chi connectivity index (χ2n) is 9.15. The number of anilines is 1. The molecule has 0 radical (unpaired) electrons. The normalized spacial score (nSPS) is 16.2. The molecular weight excluding hydrogens is 374 g/mol. The minimum absolute atomic E-state index is 0.0500. The van der Waals surface area contributed by atoms with Crippen molar-refractivity contribution in [1.82, 2.24) is 4.90 Å². The van der Waals surface area contributed by atoms with Crippen LogP contribution in [-0.4, -0.2) is 55.7 Å². The predicted molar refractivity (Wildman–Crippen MR) is 122 cm³/mol. The first-order chi connectivity index (χ1) is 14.3. The zero-order chi connectivity index (χ0) is 21.7. The number of carbonyl (C=O) groups excluding carboxylic acids is 1. The number of piperazine rings is 1. The Hall–Kier alpha value is -2.53. The van der Waals surface area contributed by atoms with Crippen LogP contribution in [0, 0.1) is 0 Å². The maximum absolute atomic E-state index is 13.5. The lowest BCUT2D eigenvalue weighted by Gasteiger charge is -2.41. The SMILES string of the molecule is COc1ccc(N2CC[NH+]([C@@H](C)C(=O)N(Cc3ccccc3)C(C)(C)C)CC2)cc1. The zero-order valence-corrected chi connectivity index (χ0v) is 19.0. The lowest BCUT2D eigenvalue weighted by atomic mass is 10.0. The van der Waals surface area contributed by atoms with Gasteiger partial charge in [-0.3, -0.25) is 4.79 Å². The van der Waals surface area contributed by atoms with E-state index in [0.717, 1.165) is 31.9 Å². The highest BCUT2D eigenvalue weighted by Gasteiger charge is 2.36. The Balaban J connectivity index is 1.63. The van der Waals surface area contributed by atoms with Crippen molar-refractivity contribution in [3.63, 3.8) is 0 Å². The molecule has 1 aliphatic rings. The lowest BCUT2D eigenvalue weighted by Crippen LogP contribution is -3.19. The highest BCUT2D eigenvalue weighted by Crippen LogP contribution is 2.20. The molecule has 0 unspecified atom stereocenters. The van der Waals surface area contributed by atoms with E-state index < -0.39 is 0 Å². The van der Waals surface area contributed by atoms with Gasteiger partial charge in [0.2, 0.25) is 0 Å². The largest absolute Gasteiger partial charge is 0.497 e. The molecule has 1 N–H and O–H groups in total. The van der Waals surface area contributed by atoms with Gasteiger partial charge in [-0.25, -0.2) is 0 Å². The van der Waals surface area contributed by atoms with Crippen molar-refractivity contribution >= 4 is 11.6 Å². The standard InChI is InChI=1S/C25H35N3O2/c1-20(24(29)28(25(2,3)4)19-21-9-7-6-8-10-21)26-15-17-27(18-16-26)22-11-13-23(30-5)14-12-22/h6-14,20H,15-19H2,1-5H3/p+1/t20-/m0/s1. The summed E-state index contributed by atoms with van der Waals surface area (Å²) in [6.45, 7) is 12.9. The number of quaternary nitrogens is 1. The van der Waals surface area contributed by atoms with Crippen molar-refractivity contribution in [3.05, 3.63) is 60.2 Å². The molecule has 0 saturated carbocycles. The number of carbonyl (C=O) groups is 1. The summed E-state index contributed by atoms with van der Waals surface area (Å²) in [5, 5.41) is 0. The highest BCUT2D eigenvalue weighted by atomic mass is 16.5. The number of hydrogen-bond donors (Lipinski definition) is 1. The van der Waals surface area contributed by atoms with Gasteiger partial charge in [0.25, 0.3) is 5.91 Å². The van der Waals surface area contributed by atoms with Gasteiger partial charge in [-0.2, -0.15) is 0 Å². The van der Waals surface area contributed by atoms with Crippen LogP contribution >= 0.6 is 0 Å². The van der Waals surface area contributed by atoms with E-state index in [9.17, 15) is 4.79 Å². The van der Waals surface area contributed by atoms with E-state index in [2.05, 4.69) is 56.9 Å². The summed E-state index contributed by atoms with van der Waals surface area (Å²) in [6, 6.07) is 18.5. The van der Waals surface area contributed by atoms with Crippen LogP contribution in [0.5, 0.6) is 5.75 Å². The fraction of sp³-hybridized carbons (Fsp3) is 0.480. The van der Waals surface area contributed by atoms with E-state index in [-0.39, 0.29) is 17.5 Å². The number of amides is 1. The molecule has 3 rings (SSSR count). The molecule has 30 heavy (non-hydrogen) atoms. The molecule has 1 fully saturated rings. The third-order valence-electron chi connectivity index (χ3n) is 6.09. The Kier molecular flexibility index (Phi) is 7.03. The molecule has 0 spiro atoms. The first-order valence-electron chi connectivity index (χ1n) is 10.9. The van der Waals surface area contributed by atoms with Gasteiger partial charge < -0.3 is 19.4 Å². The second kappa shape index (κ2) is 9.52. The topological polar surface area (TPSA) is 37.2 Å². The molecule has 0 bridgehead atoms. The summed E-state index contributed by atoms with van der Waals surface area (Å²) in [4.78, 5) is 19.3. The third kappa shape index (κ3) is 5.33. The molecule has 0 aliphatic carbocycles. The van der Waals surface area contributed by atoms with Crippen LogP contribution in [0.25, 0.3) is 0 Å². The Labute approximate surface area is 181 Å². The molecule has 1 atom stereocenters. The van der Waals surface area contributed by atoms with Crippen molar-refractivity contribution in [2.45, 2.75) is 45.8 Å². The number of nitrogens with zero attached hydrogens (tertiary/aromatic N) is 2. The summed E-state index contributed by atoms with van der Waals surface area (Å²) in [5.74, 6) is 1.11. The first-order valence-corrected chi connectivity index (χ1v) is 10.9. The fourth-order valence-corrected chi connectivity index (χ4v) is 4.10. The van der Waals surface area contributed by atoms with Gasteiger partial charge in [0, 0.05) is 17.8 Å². The van der Waals surface area contributed by atoms with Gasteiger partial charge >= 0.3 is 0 Å². The molecule has 1 amide bonds. The Morgan fingerprint density at radius 3 is 2.20 bits per heavy atom. The van der Waals surface area contributed by atoms with E-state index in [1.807, 2.05) is 35.2 Å². The molecule has 2 aromatic carbocycles. The van der Waals surface area contributed by atoms with E-state index >= 15 is 0 Å². The molecule has 2 aromatic rings. The maximum atomic E-state index is 13.5. The third-order valence-corrected chi connectivity index (χ3v) is 6.09. The van der Waals surface area contributed by atoms with Crippen LogP contribution in [0.4, 0.5) is 5.69 Å². The minimum atomic E-state index is -0.217. The molecule has 1 aliphatic heterocycles. The van der Waals surface area contributed by atoms with E-state index in [0.29, 0.717) is 6.54 Å². The number of benzene rings is 2. The predicted octanol–water partition coefficient (Wildman–Crippen LogP) is 2.62. The lowest BCUT2D eigenvalue weighted by molar-refractivity contribution is -0.915. The average molecular weight is 411 g/mol. The van der Waals surface area contributed by atoms with Crippen LogP contribution in [0.15, 0.2) is 54.6 Å². The summed E-state index contributed by atoms with van der Waals surface area (Å²) in [7, 11) is 1.69. The number of ether oxygens (including phenoxy) is 1. The van der Waals surface area contributed by atoms with Gasteiger partial charge in [0.05, 0.1) is 33.3 Å². The van der Waals surface area contributed by atoms with Crippen molar-refractivity contribution < 1.29 is 14.4 Å². The van der Waals surface area contributed by atoms with Crippen LogP contribution in [0.3, 0.4) is 0 Å². The van der Waals surface area contributed by atoms with Crippen molar-refractivity contribution in [2.24, 2.45) is 0 Å². The number of rotatable bonds is 6. The molecule has 5 nitrogen and oxygen atoms in total. The second-order valence-corrected chi connectivity index (χ2v) is 9.15. The number of methoxy groups -OCH3 is 1. The number of nitrogens with one attached hydrogen (secondary N) is 1. The van der Waals surface area contributed by atoms with Crippen LogP contribution < -0.4 is 14.5 Å². The molecule has 162 valence electrons. The average Bonchev–Trinajstić information content (AvgIpc) is 2.76. The summed E-state index contributed by atoms with van der Waals surface area (Å²) in [5.41, 5.74) is 2.17. The van der Waals surface area contributed by atoms with Gasteiger partial charge in [-0.15, -0.1) is 0 Å². The van der Waals surface area contributed by atoms with Crippen LogP contribution in [0.2, 0.25) is 0 Å². The number of hydrogen-bond acceptors (Lipinski definition) is 3. The van der Waals surface area contributed by atoms with E-state index in [1.165, 1.54) is 16.2 Å². The minimum Gasteiger partial charge on any atom is -0.497 e. The van der Waals surface area contributed by atoms with E-state index in [1.54, 1.807) is 7.11 Å². The zero-order valence-electron chi connectivity index (χ0n) is 19.0. The fourth-order valence-electron chi connectivity index (χ4n) is 4.10. The van der Waals surface area contributed by atoms with Gasteiger partial charge in [-0.1, -0.05) is 30.3 Å². The molecule has 1 heterocycles. The van der Waals surface area contributed by atoms with Crippen LogP contribution in [0.1, 0.15) is 33.3 Å². The summed E-state index contributed by atoms with van der Waals surface area (Å²) < 4.78 is 5.26. The molecular formula is C25H36N3O2+. The van der Waals surface area contributed by atoms with Crippen LogP contribution in [-0.2, 0) is 11.3 Å². The van der Waals surface area contributed by atoms with E-state index in [4.69, 9.17) is 4.74 Å². The highest BCUT2D eigenvalue weighted by molar-refractivity contribution is 5.81. The maximum Gasteiger partial charge on any atom is 0.281 e. The van der Waals surface area contributed by atoms with Gasteiger partial charge in [0.1, 0.15) is 5.75 Å². The quantitative estimate of drug-likeness (QED) is 0.796. The Morgan fingerprint density at radius 2 is 1.67 bits per heavy atom. The Bertz CT molecular complexity index is 807. The van der Waals surface area contributed by atoms with Crippen molar-refractivity contribution in [3.8, 4) is 5.75 Å². The monoisotopic (exact) mass is 410 g/mol. The molecule has 0 aromatic heterocycles. The van der Waals surface area contributed by atoms with Crippen molar-refractivity contribution in [2.75, 3.05) is 38.2 Å². The van der Waals surface area contributed by atoms with Gasteiger partial charge in [-0.05, 0) is 57.5 Å². The molecule has 1 saturated heterocycles.